The smallest absolute Gasteiger partial charge is 0.246 e. The topological polar surface area (TPSA) is 95.9 Å². The van der Waals surface area contributed by atoms with Gasteiger partial charge in [0.2, 0.25) is 15.9 Å². The van der Waals surface area contributed by atoms with Crippen molar-refractivity contribution in [3.63, 3.8) is 0 Å². The normalized spacial score (nSPS) is 18.5. The number of hydrogen-bond acceptors (Lipinski definition) is 5. The van der Waals surface area contributed by atoms with Gasteiger partial charge in [-0.1, -0.05) is 11.6 Å². The predicted molar refractivity (Wildman–Crippen MR) is 98.8 cm³/mol. The molecule has 1 atom stereocenters. The molecule has 0 aromatic heterocycles. The molecular formula is C17H25ClN2O5S. The highest BCUT2D eigenvalue weighted by Crippen LogP contribution is 2.32. The number of aliphatic hydroxyl groups excluding tert-OH is 1. The minimum absolute atomic E-state index is 0.000420. The molecule has 7 nitrogen and oxygen atoms in total. The number of carbonyl (C=O) groups is 1. The van der Waals surface area contributed by atoms with Crippen LogP contribution in [0.3, 0.4) is 0 Å². The summed E-state index contributed by atoms with van der Waals surface area (Å²) in [7, 11) is -3.83. The quantitative estimate of drug-likeness (QED) is 0.642. The van der Waals surface area contributed by atoms with Crippen LogP contribution in [0, 0.1) is 5.92 Å². The van der Waals surface area contributed by atoms with Crippen molar-refractivity contribution in [2.75, 3.05) is 32.8 Å². The molecule has 1 aliphatic heterocycles. The Morgan fingerprint density at radius 1 is 1.46 bits per heavy atom. The Morgan fingerprint density at radius 2 is 2.23 bits per heavy atom. The number of aliphatic hydroxyl groups is 1. The van der Waals surface area contributed by atoms with E-state index in [1.807, 2.05) is 0 Å². The molecule has 0 bridgehead atoms. The van der Waals surface area contributed by atoms with Crippen molar-refractivity contribution in [1.82, 2.24) is 9.62 Å². The molecule has 1 heterocycles. The second-order valence-corrected chi connectivity index (χ2v) is 8.44. The van der Waals surface area contributed by atoms with Gasteiger partial charge in [-0.25, -0.2) is 8.42 Å². The van der Waals surface area contributed by atoms with E-state index in [9.17, 15) is 13.2 Å². The molecule has 1 aromatic rings. The van der Waals surface area contributed by atoms with Gasteiger partial charge in [0, 0.05) is 31.3 Å². The van der Waals surface area contributed by atoms with Gasteiger partial charge in [0.05, 0.1) is 12.5 Å². The summed E-state index contributed by atoms with van der Waals surface area (Å²) in [6.07, 6.45) is 1.70. The summed E-state index contributed by atoms with van der Waals surface area (Å²) in [4.78, 5) is 12.3. The van der Waals surface area contributed by atoms with Crippen LogP contribution < -0.4 is 10.1 Å². The summed E-state index contributed by atoms with van der Waals surface area (Å²) >= 11 is 5.99. The number of amides is 1. The van der Waals surface area contributed by atoms with Crippen LogP contribution in [0.4, 0.5) is 0 Å². The number of benzene rings is 1. The third-order valence-corrected chi connectivity index (χ3v) is 6.33. The first-order chi connectivity index (χ1) is 12.4. The number of carbonyl (C=O) groups excluding carboxylic acids is 1. The molecule has 2 rings (SSSR count). The Hall–Kier alpha value is -1.35. The number of rotatable bonds is 8. The first-order valence-corrected chi connectivity index (χ1v) is 10.5. The molecule has 26 heavy (non-hydrogen) atoms. The summed E-state index contributed by atoms with van der Waals surface area (Å²) in [5.41, 5.74) is 0. The zero-order valence-electron chi connectivity index (χ0n) is 14.8. The number of ether oxygens (including phenoxy) is 1. The van der Waals surface area contributed by atoms with E-state index >= 15 is 0 Å². The minimum atomic E-state index is -3.83. The molecule has 0 unspecified atom stereocenters. The average molecular weight is 405 g/mol. The van der Waals surface area contributed by atoms with Gasteiger partial charge >= 0.3 is 0 Å². The van der Waals surface area contributed by atoms with Crippen LogP contribution in [0.2, 0.25) is 5.02 Å². The number of halogens is 1. The maximum atomic E-state index is 13.1. The Labute approximate surface area is 159 Å². The lowest BCUT2D eigenvalue weighted by atomic mass is 9.99. The molecule has 1 aromatic carbocycles. The Balaban J connectivity index is 2.18. The van der Waals surface area contributed by atoms with E-state index < -0.39 is 15.9 Å². The van der Waals surface area contributed by atoms with Gasteiger partial charge < -0.3 is 15.2 Å². The molecule has 1 saturated heterocycles. The fourth-order valence-corrected chi connectivity index (χ4v) is 4.82. The Bertz CT molecular complexity index is 726. The molecule has 146 valence electrons. The molecule has 0 saturated carbocycles. The number of hydrogen-bond donors (Lipinski definition) is 2. The Morgan fingerprint density at radius 3 is 2.92 bits per heavy atom. The molecular weight excluding hydrogens is 380 g/mol. The first-order valence-electron chi connectivity index (χ1n) is 8.71. The zero-order valence-corrected chi connectivity index (χ0v) is 16.4. The van der Waals surface area contributed by atoms with E-state index in [4.69, 9.17) is 21.4 Å². The highest BCUT2D eigenvalue weighted by atomic mass is 35.5. The zero-order chi connectivity index (χ0) is 19.2. The van der Waals surface area contributed by atoms with Gasteiger partial charge in [-0.3, -0.25) is 4.79 Å². The van der Waals surface area contributed by atoms with Crippen molar-refractivity contribution in [2.45, 2.75) is 31.1 Å². The van der Waals surface area contributed by atoms with E-state index in [1.165, 1.54) is 10.4 Å². The van der Waals surface area contributed by atoms with Crippen molar-refractivity contribution in [2.24, 2.45) is 5.92 Å². The van der Waals surface area contributed by atoms with E-state index in [2.05, 4.69) is 5.32 Å². The monoisotopic (exact) mass is 404 g/mol. The van der Waals surface area contributed by atoms with Gasteiger partial charge in [0.25, 0.3) is 0 Å². The molecule has 2 N–H and O–H groups in total. The van der Waals surface area contributed by atoms with Crippen LogP contribution in [0.1, 0.15) is 26.2 Å². The fourth-order valence-electron chi connectivity index (χ4n) is 2.91. The number of nitrogens with one attached hydrogen (secondary N) is 1. The predicted octanol–water partition coefficient (Wildman–Crippen LogP) is 1.64. The largest absolute Gasteiger partial charge is 0.492 e. The van der Waals surface area contributed by atoms with Crippen molar-refractivity contribution in [1.29, 1.82) is 0 Å². The molecule has 0 spiro atoms. The lowest BCUT2D eigenvalue weighted by Gasteiger charge is -2.31. The fraction of sp³-hybridized carbons (Fsp3) is 0.588. The highest BCUT2D eigenvalue weighted by Gasteiger charge is 2.34. The summed E-state index contributed by atoms with van der Waals surface area (Å²) < 4.78 is 32.9. The highest BCUT2D eigenvalue weighted by molar-refractivity contribution is 7.89. The molecule has 0 aliphatic carbocycles. The molecule has 1 aliphatic rings. The van der Waals surface area contributed by atoms with Gasteiger partial charge in [0.1, 0.15) is 10.6 Å². The Kier molecular flexibility index (Phi) is 7.69. The SMILES string of the molecule is CCOc1ccc(Cl)cc1S(=O)(=O)N1CCC[C@H](C(=O)NCCCO)C1. The van der Waals surface area contributed by atoms with Crippen LogP contribution in [-0.2, 0) is 14.8 Å². The second kappa shape index (κ2) is 9.55. The van der Waals surface area contributed by atoms with Crippen molar-refractivity contribution >= 4 is 27.5 Å². The third kappa shape index (κ3) is 5.09. The van der Waals surface area contributed by atoms with Crippen LogP contribution in [0.25, 0.3) is 0 Å². The van der Waals surface area contributed by atoms with Gasteiger partial charge in [-0.05, 0) is 44.4 Å². The number of nitrogens with zero attached hydrogens (tertiary/aromatic N) is 1. The van der Waals surface area contributed by atoms with Crippen LogP contribution in [0.5, 0.6) is 5.75 Å². The van der Waals surface area contributed by atoms with Crippen LogP contribution in [0.15, 0.2) is 23.1 Å². The van der Waals surface area contributed by atoms with E-state index in [0.29, 0.717) is 44.0 Å². The molecule has 9 heteroatoms. The van der Waals surface area contributed by atoms with E-state index in [1.54, 1.807) is 19.1 Å². The minimum Gasteiger partial charge on any atom is -0.492 e. The average Bonchev–Trinajstić information content (AvgIpc) is 2.63. The number of piperidine rings is 1. The summed E-state index contributed by atoms with van der Waals surface area (Å²) in [5, 5.41) is 11.8. The molecule has 1 fully saturated rings. The first kappa shape index (κ1) is 21.0. The standard InChI is InChI=1S/C17H25ClN2O5S/c1-2-25-15-7-6-14(18)11-16(15)26(23,24)20-9-3-5-13(12-20)17(22)19-8-4-10-21/h6-7,11,13,21H,2-5,8-10,12H2,1H3,(H,19,22)/t13-/m0/s1. The van der Waals surface area contributed by atoms with Gasteiger partial charge in [-0.2, -0.15) is 4.31 Å². The number of sulfonamides is 1. The van der Waals surface area contributed by atoms with Crippen molar-refractivity contribution in [3.05, 3.63) is 23.2 Å². The molecule has 1 amide bonds. The van der Waals surface area contributed by atoms with Gasteiger partial charge in [-0.15, -0.1) is 0 Å². The van der Waals surface area contributed by atoms with Crippen LogP contribution >= 0.6 is 11.6 Å². The van der Waals surface area contributed by atoms with E-state index in [-0.39, 0.29) is 29.7 Å². The summed E-state index contributed by atoms with van der Waals surface area (Å²) in [5.74, 6) is -0.340. The maximum Gasteiger partial charge on any atom is 0.246 e. The van der Waals surface area contributed by atoms with Gasteiger partial charge in [0.15, 0.2) is 0 Å². The van der Waals surface area contributed by atoms with E-state index in [0.717, 1.165) is 0 Å². The second-order valence-electron chi connectivity index (χ2n) is 6.09. The maximum absolute atomic E-state index is 13.1. The lowest BCUT2D eigenvalue weighted by Crippen LogP contribution is -2.45. The van der Waals surface area contributed by atoms with Crippen LogP contribution in [-0.4, -0.2) is 56.6 Å². The van der Waals surface area contributed by atoms with Crippen molar-refractivity contribution < 1.29 is 23.1 Å². The lowest BCUT2D eigenvalue weighted by molar-refractivity contribution is -0.126. The summed E-state index contributed by atoms with van der Waals surface area (Å²) in [6, 6.07) is 4.51. The van der Waals surface area contributed by atoms with Crippen molar-refractivity contribution in [3.8, 4) is 5.75 Å². The third-order valence-electron chi connectivity index (χ3n) is 4.21. The molecule has 0 radical (unpaired) electrons. The summed E-state index contributed by atoms with van der Waals surface area (Å²) in [6.45, 7) is 2.95.